The highest BCUT2D eigenvalue weighted by molar-refractivity contribution is 7.97. The molecular weight excluding hydrogens is 266 g/mol. The number of allylic oxidation sites excluding steroid dienone is 1. The van der Waals surface area contributed by atoms with Gasteiger partial charge in [0.1, 0.15) is 5.03 Å². The van der Waals surface area contributed by atoms with Crippen molar-refractivity contribution in [3.8, 4) is 0 Å². The smallest absolute Gasteiger partial charge is 0.126 e. The minimum Gasteiger partial charge on any atom is -0.309 e. The van der Waals surface area contributed by atoms with Gasteiger partial charge in [0.05, 0.1) is 5.70 Å². The van der Waals surface area contributed by atoms with Crippen LogP contribution in [0.5, 0.6) is 0 Å². The Balaban J connectivity index is 1.66. The molecule has 1 fully saturated rings. The maximum atomic E-state index is 4.50. The molecule has 0 aliphatic carbocycles. The van der Waals surface area contributed by atoms with Crippen molar-refractivity contribution in [3.05, 3.63) is 30.0 Å². The van der Waals surface area contributed by atoms with Gasteiger partial charge in [-0.25, -0.2) is 4.98 Å². The van der Waals surface area contributed by atoms with Crippen LogP contribution in [0.2, 0.25) is 0 Å². The summed E-state index contributed by atoms with van der Waals surface area (Å²) in [7, 11) is 0. The second-order valence-electron chi connectivity index (χ2n) is 5.45. The zero-order chi connectivity index (χ0) is 13.8. The summed E-state index contributed by atoms with van der Waals surface area (Å²) in [5.41, 5.74) is 2.66. The molecular formula is C16H23N3S. The highest BCUT2D eigenvalue weighted by Gasteiger charge is 2.26. The Hall–Kier alpha value is -1.00. The van der Waals surface area contributed by atoms with E-state index in [9.17, 15) is 0 Å². The van der Waals surface area contributed by atoms with Crippen LogP contribution in [-0.2, 0) is 0 Å². The average Bonchev–Trinajstić information content (AvgIpc) is 2.85. The van der Waals surface area contributed by atoms with Crippen LogP contribution in [0.3, 0.4) is 0 Å². The summed E-state index contributed by atoms with van der Waals surface area (Å²) in [6.07, 6.45) is 9.44. The summed E-state index contributed by atoms with van der Waals surface area (Å²) in [6, 6.07) is 4.23. The van der Waals surface area contributed by atoms with E-state index in [2.05, 4.69) is 33.3 Å². The van der Waals surface area contributed by atoms with Crippen LogP contribution in [0, 0.1) is 0 Å². The van der Waals surface area contributed by atoms with Crippen molar-refractivity contribution in [2.45, 2.75) is 37.6 Å². The van der Waals surface area contributed by atoms with E-state index < -0.39 is 0 Å². The number of piperidine rings is 1. The Kier molecular flexibility index (Phi) is 4.63. The minimum atomic E-state index is 1.07. The molecule has 1 aromatic heterocycles. The first kappa shape index (κ1) is 14.0. The van der Waals surface area contributed by atoms with Crippen molar-refractivity contribution in [1.29, 1.82) is 0 Å². The standard InChI is InChI=1S/C16H23N3S/c1-2-7-15-14-8-6-9-17-16(14)20-19(15)13-12-18-10-4-3-5-11-18/h6-9H,2-5,10-13H2,1H3. The summed E-state index contributed by atoms with van der Waals surface area (Å²) < 4.78 is 2.43. The summed E-state index contributed by atoms with van der Waals surface area (Å²) in [6.45, 7) is 7.01. The van der Waals surface area contributed by atoms with E-state index in [4.69, 9.17) is 0 Å². The van der Waals surface area contributed by atoms with Gasteiger partial charge in [-0.05, 0) is 44.5 Å². The average molecular weight is 289 g/mol. The fraction of sp³-hybridized carbons (Fsp3) is 0.562. The molecule has 2 aliphatic heterocycles. The molecule has 0 saturated carbocycles. The van der Waals surface area contributed by atoms with E-state index in [1.165, 1.54) is 50.2 Å². The lowest BCUT2D eigenvalue weighted by Crippen LogP contribution is -2.34. The fourth-order valence-electron chi connectivity index (χ4n) is 2.93. The number of aromatic nitrogens is 1. The number of rotatable bonds is 4. The summed E-state index contributed by atoms with van der Waals surface area (Å²) in [5, 5.41) is 1.16. The van der Waals surface area contributed by atoms with Gasteiger partial charge in [-0.3, -0.25) is 0 Å². The van der Waals surface area contributed by atoms with E-state index >= 15 is 0 Å². The van der Waals surface area contributed by atoms with Crippen molar-refractivity contribution >= 4 is 17.6 Å². The molecule has 0 amide bonds. The monoisotopic (exact) mass is 289 g/mol. The van der Waals surface area contributed by atoms with E-state index in [-0.39, 0.29) is 0 Å². The molecule has 0 atom stereocenters. The third-order valence-corrected chi connectivity index (χ3v) is 5.08. The van der Waals surface area contributed by atoms with Crippen LogP contribution in [0.4, 0.5) is 0 Å². The Labute approximate surface area is 126 Å². The Morgan fingerprint density at radius 3 is 2.90 bits per heavy atom. The second kappa shape index (κ2) is 6.64. The molecule has 0 unspecified atom stereocenters. The first-order valence-electron chi connectivity index (χ1n) is 7.72. The molecule has 0 spiro atoms. The van der Waals surface area contributed by atoms with E-state index in [1.54, 1.807) is 11.9 Å². The van der Waals surface area contributed by atoms with Crippen molar-refractivity contribution < 1.29 is 0 Å². The molecule has 3 heterocycles. The third-order valence-electron chi connectivity index (χ3n) is 3.98. The largest absolute Gasteiger partial charge is 0.309 e. The highest BCUT2D eigenvalue weighted by Crippen LogP contribution is 2.41. The third kappa shape index (κ3) is 3.01. The highest BCUT2D eigenvalue weighted by atomic mass is 32.2. The van der Waals surface area contributed by atoms with Crippen molar-refractivity contribution in [1.82, 2.24) is 14.2 Å². The lowest BCUT2D eigenvalue weighted by Gasteiger charge is -2.28. The number of fused-ring (bicyclic) bond motifs is 1. The van der Waals surface area contributed by atoms with E-state index in [0.717, 1.165) is 18.0 Å². The van der Waals surface area contributed by atoms with Crippen LogP contribution in [-0.4, -0.2) is 40.4 Å². The molecule has 4 heteroatoms. The van der Waals surface area contributed by atoms with Crippen molar-refractivity contribution in [2.75, 3.05) is 26.2 Å². The molecule has 0 bridgehead atoms. The van der Waals surface area contributed by atoms with Gasteiger partial charge in [0.25, 0.3) is 0 Å². The SMILES string of the molecule is CCC=C1c2cccnc2SN1CCN1CCCCC1. The Morgan fingerprint density at radius 1 is 1.25 bits per heavy atom. The Morgan fingerprint density at radius 2 is 2.10 bits per heavy atom. The van der Waals surface area contributed by atoms with Crippen LogP contribution >= 0.6 is 11.9 Å². The summed E-state index contributed by atoms with van der Waals surface area (Å²) in [5.74, 6) is 0. The lowest BCUT2D eigenvalue weighted by molar-refractivity contribution is 0.224. The molecule has 0 radical (unpaired) electrons. The van der Waals surface area contributed by atoms with Crippen molar-refractivity contribution in [3.63, 3.8) is 0 Å². The maximum Gasteiger partial charge on any atom is 0.126 e. The van der Waals surface area contributed by atoms with Gasteiger partial charge in [0.15, 0.2) is 0 Å². The fourth-order valence-corrected chi connectivity index (χ4v) is 3.96. The number of pyridine rings is 1. The predicted octanol–water partition coefficient (Wildman–Crippen LogP) is 3.64. The summed E-state index contributed by atoms with van der Waals surface area (Å²) in [4.78, 5) is 7.10. The molecule has 3 rings (SSSR count). The van der Waals surface area contributed by atoms with Gasteiger partial charge >= 0.3 is 0 Å². The predicted molar refractivity (Wildman–Crippen MR) is 85.4 cm³/mol. The van der Waals surface area contributed by atoms with Crippen LogP contribution in [0.1, 0.15) is 38.2 Å². The zero-order valence-corrected chi connectivity index (χ0v) is 13.0. The lowest BCUT2D eigenvalue weighted by atomic mass is 10.1. The molecule has 0 aromatic carbocycles. The van der Waals surface area contributed by atoms with E-state index in [1.807, 2.05) is 12.3 Å². The van der Waals surface area contributed by atoms with Crippen LogP contribution < -0.4 is 0 Å². The van der Waals surface area contributed by atoms with Crippen LogP contribution in [0.25, 0.3) is 5.70 Å². The van der Waals surface area contributed by atoms with Gasteiger partial charge < -0.3 is 9.21 Å². The topological polar surface area (TPSA) is 19.4 Å². The van der Waals surface area contributed by atoms with Crippen LogP contribution in [0.15, 0.2) is 29.4 Å². The van der Waals surface area contributed by atoms with Gasteiger partial charge in [-0.1, -0.05) is 19.4 Å². The molecule has 108 valence electrons. The zero-order valence-electron chi connectivity index (χ0n) is 12.2. The number of likely N-dealkylation sites (tertiary alicyclic amines) is 1. The first-order chi connectivity index (χ1) is 9.88. The minimum absolute atomic E-state index is 1.07. The molecule has 1 saturated heterocycles. The van der Waals surface area contributed by atoms with Crippen molar-refractivity contribution in [2.24, 2.45) is 0 Å². The Bertz CT molecular complexity index is 480. The van der Waals surface area contributed by atoms with Gasteiger partial charge in [0.2, 0.25) is 0 Å². The molecule has 3 nitrogen and oxygen atoms in total. The molecule has 0 N–H and O–H groups in total. The number of hydrogen-bond acceptors (Lipinski definition) is 4. The normalized spacial score (nSPS) is 21.4. The quantitative estimate of drug-likeness (QED) is 0.788. The number of nitrogens with zero attached hydrogens (tertiary/aromatic N) is 3. The molecule has 20 heavy (non-hydrogen) atoms. The first-order valence-corrected chi connectivity index (χ1v) is 8.49. The molecule has 1 aromatic rings. The maximum absolute atomic E-state index is 4.50. The summed E-state index contributed by atoms with van der Waals surface area (Å²) >= 11 is 1.80. The van der Waals surface area contributed by atoms with E-state index in [0.29, 0.717) is 0 Å². The molecule has 2 aliphatic rings. The van der Waals surface area contributed by atoms with Gasteiger partial charge in [-0.2, -0.15) is 0 Å². The number of hydrogen-bond donors (Lipinski definition) is 0. The van der Waals surface area contributed by atoms with Gasteiger partial charge in [-0.15, -0.1) is 0 Å². The van der Waals surface area contributed by atoms with Gasteiger partial charge in [0, 0.05) is 36.8 Å². The second-order valence-corrected chi connectivity index (χ2v) is 6.46.